The Balaban J connectivity index is 3.07. The van der Waals surface area contributed by atoms with Gasteiger partial charge in [-0.05, 0) is 24.6 Å². The molecule has 0 aliphatic carbocycles. The van der Waals surface area contributed by atoms with Crippen LogP contribution in [0.25, 0.3) is 0 Å². The first-order valence-electron chi connectivity index (χ1n) is 6.85. The van der Waals surface area contributed by atoms with Gasteiger partial charge in [0.2, 0.25) is 10.0 Å². The Morgan fingerprint density at radius 3 is 2.65 bits per heavy atom. The van der Waals surface area contributed by atoms with E-state index >= 15 is 0 Å². The van der Waals surface area contributed by atoms with Crippen LogP contribution in [0.2, 0.25) is 0 Å². The first kappa shape index (κ1) is 16.7. The summed E-state index contributed by atoms with van der Waals surface area (Å²) >= 11 is 0. The van der Waals surface area contributed by atoms with Gasteiger partial charge in [0, 0.05) is 18.7 Å². The average molecular weight is 294 g/mol. The van der Waals surface area contributed by atoms with Crippen molar-refractivity contribution in [3.63, 3.8) is 0 Å². The Morgan fingerprint density at radius 2 is 2.05 bits per heavy atom. The van der Waals surface area contributed by atoms with Gasteiger partial charge in [-0.15, -0.1) is 0 Å². The SMILES string of the molecule is CCCCN(CC)S(=O)(=O)c1cccc(C#CCN)c1. The van der Waals surface area contributed by atoms with Crippen LogP contribution in [0.1, 0.15) is 32.3 Å². The van der Waals surface area contributed by atoms with Crippen LogP contribution in [0.5, 0.6) is 0 Å². The summed E-state index contributed by atoms with van der Waals surface area (Å²) in [5.74, 6) is 5.59. The highest BCUT2D eigenvalue weighted by molar-refractivity contribution is 7.89. The minimum atomic E-state index is -3.44. The number of rotatable bonds is 6. The zero-order valence-electron chi connectivity index (χ0n) is 12.1. The van der Waals surface area contributed by atoms with Crippen LogP contribution < -0.4 is 5.73 Å². The van der Waals surface area contributed by atoms with Gasteiger partial charge in [-0.25, -0.2) is 8.42 Å². The smallest absolute Gasteiger partial charge is 0.243 e. The quantitative estimate of drug-likeness (QED) is 0.814. The maximum absolute atomic E-state index is 12.5. The van der Waals surface area contributed by atoms with E-state index in [0.29, 0.717) is 23.5 Å². The fourth-order valence-electron chi connectivity index (χ4n) is 1.82. The predicted molar refractivity (Wildman–Crippen MR) is 81.7 cm³/mol. The summed E-state index contributed by atoms with van der Waals surface area (Å²) in [6.07, 6.45) is 1.83. The highest BCUT2D eigenvalue weighted by Crippen LogP contribution is 2.17. The highest BCUT2D eigenvalue weighted by atomic mass is 32.2. The lowest BCUT2D eigenvalue weighted by atomic mass is 10.2. The Bertz CT molecular complexity index is 585. The third-order valence-corrected chi connectivity index (χ3v) is 4.89. The number of nitrogens with zero attached hydrogens (tertiary/aromatic N) is 1. The molecule has 2 N–H and O–H groups in total. The molecule has 0 heterocycles. The molecule has 0 aliphatic heterocycles. The lowest BCUT2D eigenvalue weighted by Gasteiger charge is -2.20. The molecular weight excluding hydrogens is 272 g/mol. The monoisotopic (exact) mass is 294 g/mol. The molecule has 110 valence electrons. The predicted octanol–water partition coefficient (Wildman–Crippen LogP) is 1.81. The van der Waals surface area contributed by atoms with Crippen molar-refractivity contribution in [1.82, 2.24) is 4.31 Å². The Hall–Kier alpha value is -1.35. The van der Waals surface area contributed by atoms with Crippen LogP contribution in [0, 0.1) is 11.8 Å². The van der Waals surface area contributed by atoms with Crippen LogP contribution in [0.3, 0.4) is 0 Å². The van der Waals surface area contributed by atoms with Crippen molar-refractivity contribution in [2.75, 3.05) is 19.6 Å². The first-order valence-corrected chi connectivity index (χ1v) is 8.29. The van der Waals surface area contributed by atoms with Crippen molar-refractivity contribution in [2.24, 2.45) is 5.73 Å². The standard InChI is InChI=1S/C15H22N2O2S/c1-3-5-12-17(4-2)20(18,19)15-10-6-8-14(13-15)9-7-11-16/h6,8,10,13H,3-5,11-12,16H2,1-2H3. The first-order chi connectivity index (χ1) is 9.56. The summed E-state index contributed by atoms with van der Waals surface area (Å²) in [7, 11) is -3.44. The molecule has 0 saturated carbocycles. The number of unbranched alkanes of at least 4 members (excludes halogenated alkanes) is 1. The second-order valence-corrected chi connectivity index (χ2v) is 6.32. The molecule has 20 heavy (non-hydrogen) atoms. The molecule has 1 aromatic rings. The van der Waals surface area contributed by atoms with Crippen molar-refractivity contribution in [3.8, 4) is 11.8 Å². The number of hydrogen-bond acceptors (Lipinski definition) is 3. The van der Waals surface area contributed by atoms with Crippen molar-refractivity contribution < 1.29 is 8.42 Å². The highest BCUT2D eigenvalue weighted by Gasteiger charge is 2.22. The number of hydrogen-bond donors (Lipinski definition) is 1. The molecule has 0 radical (unpaired) electrons. The minimum Gasteiger partial charge on any atom is -0.320 e. The molecular formula is C15H22N2O2S. The maximum Gasteiger partial charge on any atom is 0.243 e. The third-order valence-electron chi connectivity index (χ3n) is 2.92. The molecule has 5 heteroatoms. The lowest BCUT2D eigenvalue weighted by Crippen LogP contribution is -2.31. The van der Waals surface area contributed by atoms with E-state index in [-0.39, 0.29) is 6.54 Å². The fourth-order valence-corrected chi connectivity index (χ4v) is 3.35. The van der Waals surface area contributed by atoms with E-state index in [1.807, 2.05) is 13.8 Å². The minimum absolute atomic E-state index is 0.258. The zero-order chi connectivity index (χ0) is 15.0. The topological polar surface area (TPSA) is 63.4 Å². The van der Waals surface area contributed by atoms with Gasteiger partial charge in [0.1, 0.15) is 0 Å². The van der Waals surface area contributed by atoms with Crippen molar-refractivity contribution in [1.29, 1.82) is 0 Å². The summed E-state index contributed by atoms with van der Waals surface area (Å²) in [6, 6.07) is 6.70. The Labute approximate surface area is 122 Å². The number of nitrogens with two attached hydrogens (primary N) is 1. The summed E-state index contributed by atoms with van der Waals surface area (Å²) in [5.41, 5.74) is 5.99. The molecule has 0 bridgehead atoms. The Morgan fingerprint density at radius 1 is 1.30 bits per heavy atom. The molecule has 0 saturated heterocycles. The maximum atomic E-state index is 12.5. The molecule has 0 fully saturated rings. The zero-order valence-corrected chi connectivity index (χ0v) is 12.9. The second kappa shape index (κ2) is 8.05. The van der Waals surface area contributed by atoms with Gasteiger partial charge in [0.25, 0.3) is 0 Å². The molecule has 1 aromatic carbocycles. The third kappa shape index (κ3) is 4.34. The van der Waals surface area contributed by atoms with Crippen LogP contribution in [0.15, 0.2) is 29.2 Å². The van der Waals surface area contributed by atoms with Gasteiger partial charge in [0.15, 0.2) is 0 Å². The van der Waals surface area contributed by atoms with Gasteiger partial charge >= 0.3 is 0 Å². The van der Waals surface area contributed by atoms with Crippen LogP contribution in [0.4, 0.5) is 0 Å². The molecule has 0 amide bonds. The second-order valence-electron chi connectivity index (χ2n) is 4.38. The largest absolute Gasteiger partial charge is 0.320 e. The van der Waals surface area contributed by atoms with Gasteiger partial charge < -0.3 is 5.73 Å². The van der Waals surface area contributed by atoms with Crippen molar-refractivity contribution in [3.05, 3.63) is 29.8 Å². The normalized spacial score (nSPS) is 11.2. The molecule has 0 aromatic heterocycles. The van der Waals surface area contributed by atoms with Gasteiger partial charge in [-0.1, -0.05) is 38.2 Å². The van der Waals surface area contributed by atoms with Crippen LogP contribution in [-0.4, -0.2) is 32.4 Å². The van der Waals surface area contributed by atoms with E-state index in [4.69, 9.17) is 5.73 Å². The molecule has 4 nitrogen and oxygen atoms in total. The number of sulfonamides is 1. The Kier molecular flexibility index (Phi) is 6.73. The van der Waals surface area contributed by atoms with E-state index in [9.17, 15) is 8.42 Å². The van der Waals surface area contributed by atoms with E-state index in [1.165, 1.54) is 4.31 Å². The van der Waals surface area contributed by atoms with E-state index in [1.54, 1.807) is 24.3 Å². The lowest BCUT2D eigenvalue weighted by molar-refractivity contribution is 0.419. The van der Waals surface area contributed by atoms with Gasteiger partial charge in [-0.2, -0.15) is 4.31 Å². The summed E-state index contributed by atoms with van der Waals surface area (Å²) < 4.78 is 26.6. The summed E-state index contributed by atoms with van der Waals surface area (Å²) in [5, 5.41) is 0. The summed E-state index contributed by atoms with van der Waals surface area (Å²) in [4.78, 5) is 0.291. The average Bonchev–Trinajstić information content (AvgIpc) is 2.46. The molecule has 0 spiro atoms. The van der Waals surface area contributed by atoms with Gasteiger partial charge in [-0.3, -0.25) is 0 Å². The van der Waals surface area contributed by atoms with Crippen molar-refractivity contribution >= 4 is 10.0 Å². The van der Waals surface area contributed by atoms with Crippen molar-refractivity contribution in [2.45, 2.75) is 31.6 Å². The van der Waals surface area contributed by atoms with Crippen LogP contribution in [-0.2, 0) is 10.0 Å². The van der Waals surface area contributed by atoms with Crippen LogP contribution >= 0.6 is 0 Å². The van der Waals surface area contributed by atoms with Gasteiger partial charge in [0.05, 0.1) is 11.4 Å². The number of benzene rings is 1. The molecule has 0 aliphatic rings. The molecule has 0 unspecified atom stereocenters. The van der Waals surface area contributed by atoms with E-state index in [0.717, 1.165) is 12.8 Å². The summed E-state index contributed by atoms with van der Waals surface area (Å²) in [6.45, 7) is 5.18. The van der Waals surface area contributed by atoms with E-state index in [2.05, 4.69) is 11.8 Å². The molecule has 1 rings (SSSR count). The molecule has 0 atom stereocenters. The fraction of sp³-hybridized carbons (Fsp3) is 0.467. The van der Waals surface area contributed by atoms with E-state index < -0.39 is 10.0 Å².